The summed E-state index contributed by atoms with van der Waals surface area (Å²) in [6, 6.07) is 20.7. The maximum atomic E-state index is 14.0. The highest BCUT2D eigenvalue weighted by atomic mass is 19.1. The molecular weight excluding hydrogens is 573 g/mol. The summed E-state index contributed by atoms with van der Waals surface area (Å²) in [5, 5.41) is 8.21. The molecule has 232 valence electrons. The van der Waals surface area contributed by atoms with Crippen LogP contribution in [-0.4, -0.2) is 55.4 Å². The monoisotopic (exact) mass is 609 g/mol. The van der Waals surface area contributed by atoms with Crippen molar-refractivity contribution in [2.75, 3.05) is 37.4 Å². The van der Waals surface area contributed by atoms with Gasteiger partial charge >= 0.3 is 0 Å². The van der Waals surface area contributed by atoms with Gasteiger partial charge in [-0.05, 0) is 105 Å². The Kier molecular flexibility index (Phi) is 9.53. The van der Waals surface area contributed by atoms with Gasteiger partial charge in [-0.1, -0.05) is 12.1 Å². The van der Waals surface area contributed by atoms with Gasteiger partial charge in [-0.25, -0.2) is 4.39 Å². The van der Waals surface area contributed by atoms with Crippen LogP contribution in [0.5, 0.6) is 0 Å². The van der Waals surface area contributed by atoms with Crippen molar-refractivity contribution in [3.63, 3.8) is 0 Å². The van der Waals surface area contributed by atoms with E-state index in [2.05, 4.69) is 20.9 Å². The van der Waals surface area contributed by atoms with E-state index in [4.69, 9.17) is 0 Å². The summed E-state index contributed by atoms with van der Waals surface area (Å²) in [5.41, 5.74) is 3.59. The Labute approximate surface area is 261 Å². The predicted molar refractivity (Wildman–Crippen MR) is 174 cm³/mol. The Morgan fingerprint density at radius 3 is 2.29 bits per heavy atom. The molecule has 45 heavy (non-hydrogen) atoms. The highest BCUT2D eigenvalue weighted by molar-refractivity contribution is 6.09. The molecule has 5 rings (SSSR count). The number of anilines is 2. The molecule has 1 aliphatic heterocycles. The number of carbonyl (C=O) groups is 3. The van der Waals surface area contributed by atoms with Crippen LogP contribution in [0.4, 0.5) is 15.8 Å². The molecule has 1 fully saturated rings. The van der Waals surface area contributed by atoms with Crippen LogP contribution in [0, 0.1) is 5.82 Å². The van der Waals surface area contributed by atoms with E-state index in [0.717, 1.165) is 31.6 Å². The van der Waals surface area contributed by atoms with Crippen LogP contribution in [0.2, 0.25) is 0 Å². The van der Waals surface area contributed by atoms with Crippen molar-refractivity contribution in [3.05, 3.63) is 117 Å². The number of benzene rings is 3. The van der Waals surface area contributed by atoms with Crippen LogP contribution in [0.15, 0.2) is 83.7 Å². The van der Waals surface area contributed by atoms with Gasteiger partial charge in [0.05, 0.1) is 18.3 Å². The van der Waals surface area contributed by atoms with Crippen molar-refractivity contribution in [2.24, 2.45) is 0 Å². The minimum atomic E-state index is -0.529. The predicted octanol–water partition coefficient (Wildman–Crippen LogP) is 4.44. The Balaban J connectivity index is 1.63. The molecule has 0 spiro atoms. The molecule has 3 aromatic carbocycles. The molecule has 2 amide bonds. The van der Waals surface area contributed by atoms with E-state index < -0.39 is 17.4 Å². The summed E-state index contributed by atoms with van der Waals surface area (Å²) in [6.45, 7) is 3.46. The first-order valence-electron chi connectivity index (χ1n) is 14.9. The molecule has 0 unspecified atom stereocenters. The number of pyridine rings is 1. The number of carbonyl (C=O) groups excluding carboxylic acids is 3. The van der Waals surface area contributed by atoms with E-state index in [9.17, 15) is 23.6 Å². The van der Waals surface area contributed by atoms with Crippen molar-refractivity contribution in [2.45, 2.75) is 32.4 Å². The number of nitrogens with one attached hydrogen (secondary N) is 3. The lowest BCUT2D eigenvalue weighted by molar-refractivity contribution is -0.117. The van der Waals surface area contributed by atoms with Gasteiger partial charge in [0, 0.05) is 42.5 Å². The van der Waals surface area contributed by atoms with Crippen LogP contribution < -0.4 is 26.4 Å². The van der Waals surface area contributed by atoms with E-state index >= 15 is 0 Å². The van der Waals surface area contributed by atoms with Crippen LogP contribution in [0.1, 0.15) is 51.6 Å². The van der Waals surface area contributed by atoms with Gasteiger partial charge in [0.1, 0.15) is 11.5 Å². The minimum absolute atomic E-state index is 0.0784. The molecule has 0 aliphatic carbocycles. The van der Waals surface area contributed by atoms with E-state index in [1.54, 1.807) is 57.4 Å². The average Bonchev–Trinajstić information content (AvgIpc) is 3.61. The zero-order valence-corrected chi connectivity index (χ0v) is 25.5. The number of amides is 2. The Hall–Kier alpha value is -5.09. The van der Waals surface area contributed by atoms with Gasteiger partial charge in [0.25, 0.3) is 11.5 Å². The molecule has 1 aromatic heterocycles. The molecule has 10 heteroatoms. The number of ketones is 1. The number of hydrogen-bond donors (Lipinski definition) is 3. The fourth-order valence-corrected chi connectivity index (χ4v) is 5.42. The van der Waals surface area contributed by atoms with E-state index in [1.165, 1.54) is 28.8 Å². The second kappa shape index (κ2) is 13.7. The Morgan fingerprint density at radius 2 is 1.60 bits per heavy atom. The maximum Gasteiger partial charge on any atom is 0.275 e. The Bertz CT molecular complexity index is 1790. The van der Waals surface area contributed by atoms with Crippen molar-refractivity contribution < 1.29 is 18.8 Å². The number of hydrogen-bond acceptors (Lipinski definition) is 6. The van der Waals surface area contributed by atoms with E-state index in [1.807, 2.05) is 18.2 Å². The topological polar surface area (TPSA) is 113 Å². The molecule has 3 N–H and O–H groups in total. The van der Waals surface area contributed by atoms with Crippen LogP contribution in [-0.2, 0) is 11.3 Å². The van der Waals surface area contributed by atoms with Gasteiger partial charge in [-0.15, -0.1) is 0 Å². The number of likely N-dealkylation sites (N-methyl/N-ethyl adjacent to an activating group) is 1. The van der Waals surface area contributed by atoms with Crippen molar-refractivity contribution in [1.29, 1.82) is 0 Å². The molecule has 4 aromatic rings. The highest BCUT2D eigenvalue weighted by Crippen LogP contribution is 2.27. The highest BCUT2D eigenvalue weighted by Gasteiger charge is 2.20. The van der Waals surface area contributed by atoms with Crippen LogP contribution in [0.3, 0.4) is 0 Å². The first-order valence-corrected chi connectivity index (χ1v) is 14.9. The third kappa shape index (κ3) is 7.02. The lowest BCUT2D eigenvalue weighted by Gasteiger charge is -2.21. The van der Waals surface area contributed by atoms with Gasteiger partial charge in [0.15, 0.2) is 5.78 Å². The van der Waals surface area contributed by atoms with Gasteiger partial charge < -0.3 is 25.4 Å². The standard InChI is InChI=1S/C35H36FN5O4/c1-22(37-2)33(43)39-30-13-14-31(25-7-6-8-26(19-25)34(44)38-3)41(35(30)45)21-23-17-27(20-29(18-23)40-15-4-5-16-40)32(42)24-9-11-28(36)12-10-24/h6-14,17-20,22,37H,4-5,15-16,21H2,1-3H3,(H,38,44)(H,39,43)/t22-/m0/s1. The van der Waals surface area contributed by atoms with Crippen LogP contribution >= 0.6 is 0 Å². The maximum absolute atomic E-state index is 14.0. The van der Waals surface area contributed by atoms with Crippen molar-refractivity contribution >= 4 is 29.0 Å². The summed E-state index contributed by atoms with van der Waals surface area (Å²) < 4.78 is 15.1. The number of halogens is 1. The molecule has 0 radical (unpaired) electrons. The molecule has 2 heterocycles. The summed E-state index contributed by atoms with van der Waals surface area (Å²) in [4.78, 5) is 54.9. The van der Waals surface area contributed by atoms with Crippen molar-refractivity contribution in [1.82, 2.24) is 15.2 Å². The van der Waals surface area contributed by atoms with E-state index in [-0.39, 0.29) is 29.8 Å². The second-order valence-corrected chi connectivity index (χ2v) is 11.1. The smallest absolute Gasteiger partial charge is 0.275 e. The largest absolute Gasteiger partial charge is 0.372 e. The molecular formula is C35H36FN5O4. The second-order valence-electron chi connectivity index (χ2n) is 11.1. The first-order chi connectivity index (χ1) is 21.7. The Morgan fingerprint density at radius 1 is 0.867 bits per heavy atom. The van der Waals surface area contributed by atoms with Gasteiger partial charge in [-0.3, -0.25) is 19.2 Å². The van der Waals surface area contributed by atoms with Crippen LogP contribution in [0.25, 0.3) is 11.3 Å². The van der Waals surface area contributed by atoms with Gasteiger partial charge in [-0.2, -0.15) is 0 Å². The molecule has 0 bridgehead atoms. The summed E-state index contributed by atoms with van der Waals surface area (Å²) in [5.74, 6) is -1.32. The lowest BCUT2D eigenvalue weighted by atomic mass is 9.99. The molecule has 9 nitrogen and oxygen atoms in total. The normalized spacial score (nSPS) is 13.4. The summed E-state index contributed by atoms with van der Waals surface area (Å²) in [7, 11) is 3.20. The zero-order valence-electron chi connectivity index (χ0n) is 25.5. The SMILES string of the molecule is CNC(=O)c1cccc(-c2ccc(NC(=O)[C@H](C)NC)c(=O)n2Cc2cc(C(=O)c3ccc(F)cc3)cc(N3CCCC3)c2)c1. The third-order valence-electron chi connectivity index (χ3n) is 8.06. The van der Waals surface area contributed by atoms with Gasteiger partial charge in [0.2, 0.25) is 5.91 Å². The first kappa shape index (κ1) is 31.3. The summed E-state index contributed by atoms with van der Waals surface area (Å²) >= 11 is 0. The van der Waals surface area contributed by atoms with E-state index in [0.29, 0.717) is 33.5 Å². The molecule has 1 saturated heterocycles. The fraction of sp³-hybridized carbons (Fsp3) is 0.257. The van der Waals surface area contributed by atoms with Crippen molar-refractivity contribution in [3.8, 4) is 11.3 Å². The number of rotatable bonds is 10. The third-order valence-corrected chi connectivity index (χ3v) is 8.06. The molecule has 0 saturated carbocycles. The minimum Gasteiger partial charge on any atom is -0.372 e. The molecule has 1 atom stereocenters. The average molecular weight is 610 g/mol. The molecule has 1 aliphatic rings. The quantitative estimate of drug-likeness (QED) is 0.229. The number of nitrogens with zero attached hydrogens (tertiary/aromatic N) is 2. The fourth-order valence-electron chi connectivity index (χ4n) is 5.42. The number of aromatic nitrogens is 1. The lowest BCUT2D eigenvalue weighted by Crippen LogP contribution is -2.37. The zero-order chi connectivity index (χ0) is 32.1. The summed E-state index contributed by atoms with van der Waals surface area (Å²) in [6.07, 6.45) is 2.06.